The number of carbonyl (C=O) groups is 1. The predicted octanol–water partition coefficient (Wildman–Crippen LogP) is 1.66. The van der Waals surface area contributed by atoms with E-state index in [4.69, 9.17) is 0 Å². The molecule has 0 atom stereocenters. The standard InChI is InChI=1S/C18H28N4O.ClH/c23-18(20-17-4-2-1-3-5-17)15-22-12-10-21(11-13-22)14-16-6-8-19-9-7-16;/h1-5,16,19H,6-15H2,(H,20,23);1H. The van der Waals surface area contributed by atoms with Gasteiger partial charge in [-0.1, -0.05) is 18.2 Å². The lowest BCUT2D eigenvalue weighted by Crippen LogP contribution is -2.50. The third-order valence-corrected chi connectivity index (χ3v) is 4.86. The molecule has 2 heterocycles. The third-order valence-electron chi connectivity index (χ3n) is 4.86. The molecule has 0 unspecified atom stereocenters. The third kappa shape index (κ3) is 6.06. The second kappa shape index (κ2) is 9.99. The summed E-state index contributed by atoms with van der Waals surface area (Å²) in [6, 6.07) is 9.69. The lowest BCUT2D eigenvalue weighted by molar-refractivity contribution is -0.117. The Hall–Kier alpha value is -1.14. The average Bonchev–Trinajstić information content (AvgIpc) is 2.58. The van der Waals surface area contributed by atoms with E-state index in [0.29, 0.717) is 6.54 Å². The molecule has 2 saturated heterocycles. The highest BCUT2D eigenvalue weighted by Crippen LogP contribution is 2.15. The van der Waals surface area contributed by atoms with Crippen LogP contribution in [0.3, 0.4) is 0 Å². The molecule has 2 fully saturated rings. The number of anilines is 1. The predicted molar refractivity (Wildman–Crippen MR) is 101 cm³/mol. The van der Waals surface area contributed by atoms with Crippen LogP contribution in [0.1, 0.15) is 12.8 Å². The van der Waals surface area contributed by atoms with Gasteiger partial charge in [-0.15, -0.1) is 12.4 Å². The number of halogens is 1. The molecule has 2 N–H and O–H groups in total. The smallest absolute Gasteiger partial charge is 0.238 e. The molecular formula is C18H29ClN4O. The van der Waals surface area contributed by atoms with Crippen molar-refractivity contribution in [2.45, 2.75) is 12.8 Å². The first-order valence-electron chi connectivity index (χ1n) is 8.80. The summed E-state index contributed by atoms with van der Waals surface area (Å²) in [5, 5.41) is 6.39. The zero-order valence-electron chi connectivity index (χ0n) is 14.2. The number of amides is 1. The van der Waals surface area contributed by atoms with Gasteiger partial charge in [0.2, 0.25) is 5.91 Å². The summed E-state index contributed by atoms with van der Waals surface area (Å²) in [5.41, 5.74) is 0.877. The molecule has 2 aliphatic heterocycles. The number of rotatable bonds is 5. The number of hydrogen-bond acceptors (Lipinski definition) is 4. The molecule has 0 saturated carbocycles. The van der Waals surface area contributed by atoms with Crippen molar-refractivity contribution in [2.24, 2.45) is 5.92 Å². The fraction of sp³-hybridized carbons (Fsp3) is 0.611. The maximum atomic E-state index is 12.1. The highest BCUT2D eigenvalue weighted by atomic mass is 35.5. The maximum absolute atomic E-state index is 12.1. The van der Waals surface area contributed by atoms with Crippen molar-refractivity contribution in [1.82, 2.24) is 15.1 Å². The number of piperidine rings is 1. The van der Waals surface area contributed by atoms with E-state index in [9.17, 15) is 4.79 Å². The van der Waals surface area contributed by atoms with Gasteiger partial charge in [-0.2, -0.15) is 0 Å². The number of nitrogens with one attached hydrogen (secondary N) is 2. The minimum absolute atomic E-state index is 0. The van der Waals surface area contributed by atoms with Crippen molar-refractivity contribution >= 4 is 24.0 Å². The zero-order chi connectivity index (χ0) is 15.9. The quantitative estimate of drug-likeness (QED) is 0.846. The van der Waals surface area contributed by atoms with Crippen LogP contribution in [0.5, 0.6) is 0 Å². The van der Waals surface area contributed by atoms with Crippen molar-refractivity contribution in [3.05, 3.63) is 30.3 Å². The van der Waals surface area contributed by atoms with Crippen LogP contribution in [0.4, 0.5) is 5.69 Å². The molecule has 1 amide bonds. The van der Waals surface area contributed by atoms with Crippen molar-refractivity contribution in [1.29, 1.82) is 0 Å². The highest BCUT2D eigenvalue weighted by molar-refractivity contribution is 5.92. The summed E-state index contributed by atoms with van der Waals surface area (Å²) >= 11 is 0. The van der Waals surface area contributed by atoms with Gasteiger partial charge in [-0.3, -0.25) is 9.69 Å². The van der Waals surface area contributed by atoms with Crippen molar-refractivity contribution in [3.8, 4) is 0 Å². The number of piperazine rings is 1. The van der Waals surface area contributed by atoms with Crippen LogP contribution < -0.4 is 10.6 Å². The van der Waals surface area contributed by atoms with E-state index in [1.165, 1.54) is 32.5 Å². The van der Waals surface area contributed by atoms with Gasteiger partial charge >= 0.3 is 0 Å². The second-order valence-corrected chi connectivity index (χ2v) is 6.68. The number of carbonyl (C=O) groups excluding carboxylic acids is 1. The monoisotopic (exact) mass is 352 g/mol. The van der Waals surface area contributed by atoms with Crippen LogP contribution in [-0.4, -0.2) is 68.1 Å². The Labute approximate surface area is 151 Å². The molecule has 134 valence electrons. The summed E-state index contributed by atoms with van der Waals surface area (Å²) in [5.74, 6) is 0.937. The van der Waals surface area contributed by atoms with Crippen molar-refractivity contribution in [2.75, 3.05) is 57.7 Å². The number of benzene rings is 1. The van der Waals surface area contributed by atoms with E-state index in [2.05, 4.69) is 20.4 Å². The minimum atomic E-state index is 0. The van der Waals surface area contributed by atoms with Crippen LogP contribution in [0.2, 0.25) is 0 Å². The molecule has 0 aliphatic carbocycles. The molecule has 6 heteroatoms. The van der Waals surface area contributed by atoms with Gasteiger partial charge < -0.3 is 15.5 Å². The van der Waals surface area contributed by atoms with Gasteiger partial charge in [-0.05, 0) is 44.0 Å². The SMILES string of the molecule is Cl.O=C(CN1CCN(CC2CCNCC2)CC1)Nc1ccccc1. The van der Waals surface area contributed by atoms with Gasteiger partial charge in [0, 0.05) is 38.4 Å². The van der Waals surface area contributed by atoms with Crippen LogP contribution in [-0.2, 0) is 4.79 Å². The van der Waals surface area contributed by atoms with E-state index in [0.717, 1.165) is 37.8 Å². The van der Waals surface area contributed by atoms with Gasteiger partial charge in [0.05, 0.1) is 6.54 Å². The second-order valence-electron chi connectivity index (χ2n) is 6.68. The number of hydrogen-bond donors (Lipinski definition) is 2. The molecule has 3 rings (SSSR count). The van der Waals surface area contributed by atoms with Crippen LogP contribution in [0, 0.1) is 5.92 Å². The summed E-state index contributed by atoms with van der Waals surface area (Å²) in [4.78, 5) is 16.9. The summed E-state index contributed by atoms with van der Waals surface area (Å²) < 4.78 is 0. The fourth-order valence-corrected chi connectivity index (χ4v) is 3.48. The summed E-state index contributed by atoms with van der Waals surface area (Å²) in [7, 11) is 0. The summed E-state index contributed by atoms with van der Waals surface area (Å²) in [6.07, 6.45) is 2.61. The van der Waals surface area contributed by atoms with Gasteiger partial charge in [0.1, 0.15) is 0 Å². The Bertz CT molecular complexity index is 485. The Kier molecular flexibility index (Phi) is 7.99. The molecule has 1 aromatic rings. The Morgan fingerprint density at radius 1 is 1.04 bits per heavy atom. The maximum Gasteiger partial charge on any atom is 0.238 e. The van der Waals surface area contributed by atoms with E-state index >= 15 is 0 Å². The van der Waals surface area contributed by atoms with Crippen LogP contribution in [0.25, 0.3) is 0 Å². The molecule has 2 aliphatic rings. The van der Waals surface area contributed by atoms with Gasteiger partial charge in [0.15, 0.2) is 0 Å². The molecule has 5 nitrogen and oxygen atoms in total. The Morgan fingerprint density at radius 3 is 2.33 bits per heavy atom. The highest BCUT2D eigenvalue weighted by Gasteiger charge is 2.22. The molecule has 0 aromatic heterocycles. The number of para-hydroxylation sites is 1. The zero-order valence-corrected chi connectivity index (χ0v) is 15.1. The topological polar surface area (TPSA) is 47.6 Å². The molecule has 0 bridgehead atoms. The molecule has 0 spiro atoms. The first-order chi connectivity index (χ1) is 11.3. The minimum Gasteiger partial charge on any atom is -0.325 e. The fourth-order valence-electron chi connectivity index (χ4n) is 3.48. The molecule has 1 aromatic carbocycles. The van der Waals surface area contributed by atoms with E-state index in [-0.39, 0.29) is 18.3 Å². The van der Waals surface area contributed by atoms with E-state index < -0.39 is 0 Å². The molecule has 0 radical (unpaired) electrons. The lowest BCUT2D eigenvalue weighted by atomic mass is 9.97. The first-order valence-corrected chi connectivity index (χ1v) is 8.80. The van der Waals surface area contributed by atoms with Gasteiger partial charge in [0.25, 0.3) is 0 Å². The van der Waals surface area contributed by atoms with Crippen molar-refractivity contribution < 1.29 is 4.79 Å². The Balaban J connectivity index is 0.00000208. The van der Waals surface area contributed by atoms with Crippen LogP contribution in [0.15, 0.2) is 30.3 Å². The normalized spacial score (nSPS) is 20.3. The van der Waals surface area contributed by atoms with Gasteiger partial charge in [-0.25, -0.2) is 0 Å². The Morgan fingerprint density at radius 2 is 1.67 bits per heavy atom. The average molecular weight is 353 g/mol. The lowest BCUT2D eigenvalue weighted by Gasteiger charge is -2.37. The number of nitrogens with zero attached hydrogens (tertiary/aromatic N) is 2. The molecular weight excluding hydrogens is 324 g/mol. The largest absolute Gasteiger partial charge is 0.325 e. The molecule has 24 heavy (non-hydrogen) atoms. The van der Waals surface area contributed by atoms with E-state index in [1.54, 1.807) is 0 Å². The summed E-state index contributed by atoms with van der Waals surface area (Å²) in [6.45, 7) is 8.22. The van der Waals surface area contributed by atoms with Crippen LogP contribution >= 0.6 is 12.4 Å². The van der Waals surface area contributed by atoms with E-state index in [1.807, 2.05) is 30.3 Å². The van der Waals surface area contributed by atoms with Crippen molar-refractivity contribution in [3.63, 3.8) is 0 Å². The first kappa shape index (κ1) is 19.2.